The van der Waals surface area contributed by atoms with E-state index in [1.54, 1.807) is 6.07 Å². The summed E-state index contributed by atoms with van der Waals surface area (Å²) >= 11 is 0. The monoisotopic (exact) mass is 358 g/mol. The number of hydrazine groups is 1. The summed E-state index contributed by atoms with van der Waals surface area (Å²) in [6, 6.07) is 4.15. The van der Waals surface area contributed by atoms with Gasteiger partial charge in [-0.2, -0.15) is 0 Å². The smallest absolute Gasteiger partial charge is 0.242 e. The van der Waals surface area contributed by atoms with Crippen molar-refractivity contribution in [2.75, 3.05) is 18.6 Å². The van der Waals surface area contributed by atoms with Crippen LogP contribution in [0.2, 0.25) is 0 Å². The Balaban J connectivity index is 1.76. The first kappa shape index (κ1) is 18.2. The number of nitrogens with one attached hydrogen (secondary N) is 2. The third-order valence-electron chi connectivity index (χ3n) is 3.72. The van der Waals surface area contributed by atoms with Crippen molar-refractivity contribution in [2.45, 2.75) is 19.3 Å². The molecule has 2 amide bonds. The lowest BCUT2D eigenvalue weighted by molar-refractivity contribution is -0.129. The largest absolute Gasteiger partial charge is 0.494 e. The fourth-order valence-corrected chi connectivity index (χ4v) is 4.40. The molecule has 1 atom stereocenters. The molecule has 0 radical (unpaired) electrons. The van der Waals surface area contributed by atoms with Gasteiger partial charge in [0, 0.05) is 6.42 Å². The Kier molecular flexibility index (Phi) is 5.76. The van der Waals surface area contributed by atoms with Gasteiger partial charge in [0.25, 0.3) is 0 Å². The molecular formula is C15H19FN2O5S. The number of hydrogen-bond donors (Lipinski definition) is 2. The number of amides is 2. The normalized spacial score (nSPS) is 18.8. The average Bonchev–Trinajstić information content (AvgIpc) is 2.84. The third-order valence-corrected chi connectivity index (χ3v) is 5.56. The number of sulfone groups is 1. The molecule has 0 aliphatic carbocycles. The van der Waals surface area contributed by atoms with E-state index in [1.807, 2.05) is 0 Å². The number of carbonyl (C=O) groups is 2. The van der Waals surface area contributed by atoms with Gasteiger partial charge in [-0.1, -0.05) is 6.07 Å². The lowest BCUT2D eigenvalue weighted by Crippen LogP contribution is -2.43. The molecule has 0 bridgehead atoms. The van der Waals surface area contributed by atoms with Gasteiger partial charge < -0.3 is 4.74 Å². The predicted molar refractivity (Wildman–Crippen MR) is 84.3 cm³/mol. The molecule has 0 spiro atoms. The molecule has 0 unspecified atom stereocenters. The van der Waals surface area contributed by atoms with Crippen LogP contribution in [-0.2, 0) is 25.8 Å². The highest BCUT2D eigenvalue weighted by Gasteiger charge is 2.29. The molecule has 1 saturated heterocycles. The summed E-state index contributed by atoms with van der Waals surface area (Å²) < 4.78 is 41.0. The Morgan fingerprint density at radius 3 is 2.58 bits per heavy atom. The van der Waals surface area contributed by atoms with Crippen LogP contribution in [0.4, 0.5) is 4.39 Å². The number of carbonyl (C=O) groups excluding carboxylic acids is 2. The fourth-order valence-electron chi connectivity index (χ4n) is 2.54. The van der Waals surface area contributed by atoms with E-state index < -0.39 is 27.5 Å². The molecule has 1 heterocycles. The Bertz CT molecular complexity index is 735. The fraction of sp³-hybridized carbons (Fsp3) is 0.467. The minimum Gasteiger partial charge on any atom is -0.494 e. The molecule has 1 aromatic carbocycles. The molecule has 1 fully saturated rings. The van der Waals surface area contributed by atoms with Gasteiger partial charge in [0.05, 0.1) is 25.0 Å². The Hall–Kier alpha value is -2.16. The maximum atomic E-state index is 13.5. The van der Waals surface area contributed by atoms with Crippen molar-refractivity contribution < 1.29 is 27.1 Å². The van der Waals surface area contributed by atoms with Crippen molar-refractivity contribution >= 4 is 21.7 Å². The van der Waals surface area contributed by atoms with Gasteiger partial charge in [-0.3, -0.25) is 20.4 Å². The van der Waals surface area contributed by atoms with Crippen LogP contribution in [0.5, 0.6) is 5.75 Å². The van der Waals surface area contributed by atoms with E-state index in [1.165, 1.54) is 19.2 Å². The second-order valence-electron chi connectivity index (χ2n) is 5.72. The van der Waals surface area contributed by atoms with Crippen LogP contribution in [0.3, 0.4) is 0 Å². The number of halogens is 1. The van der Waals surface area contributed by atoms with Crippen LogP contribution in [0, 0.1) is 11.7 Å². The number of hydrogen-bond acceptors (Lipinski definition) is 5. The van der Waals surface area contributed by atoms with Crippen molar-refractivity contribution in [3.05, 3.63) is 29.6 Å². The highest BCUT2D eigenvalue weighted by atomic mass is 32.2. The predicted octanol–water partition coefficient (Wildman–Crippen LogP) is 0.349. The van der Waals surface area contributed by atoms with Crippen LogP contribution in [0.15, 0.2) is 18.2 Å². The van der Waals surface area contributed by atoms with Gasteiger partial charge >= 0.3 is 0 Å². The molecule has 1 aliphatic rings. The quantitative estimate of drug-likeness (QED) is 0.740. The second kappa shape index (κ2) is 7.61. The molecule has 1 aromatic rings. The SMILES string of the molecule is COc1ccc(CC(=O)NNC(=O)C[C@H]2CCS(=O)(=O)C2)cc1F. The van der Waals surface area contributed by atoms with Crippen LogP contribution >= 0.6 is 0 Å². The van der Waals surface area contributed by atoms with Crippen molar-refractivity contribution in [2.24, 2.45) is 5.92 Å². The van der Waals surface area contributed by atoms with Crippen molar-refractivity contribution in [1.29, 1.82) is 0 Å². The molecule has 0 saturated carbocycles. The average molecular weight is 358 g/mol. The van der Waals surface area contributed by atoms with Gasteiger partial charge in [-0.25, -0.2) is 12.8 Å². The third kappa shape index (κ3) is 5.19. The summed E-state index contributed by atoms with van der Waals surface area (Å²) in [7, 11) is -1.69. The molecule has 2 rings (SSSR count). The highest BCUT2D eigenvalue weighted by Crippen LogP contribution is 2.21. The number of methoxy groups -OCH3 is 1. The summed E-state index contributed by atoms with van der Waals surface area (Å²) in [4.78, 5) is 23.5. The Morgan fingerprint density at radius 1 is 1.29 bits per heavy atom. The summed E-state index contributed by atoms with van der Waals surface area (Å²) in [5.41, 5.74) is 4.91. The number of benzene rings is 1. The van der Waals surface area contributed by atoms with Gasteiger partial charge in [0.2, 0.25) is 11.8 Å². The van der Waals surface area contributed by atoms with Gasteiger partial charge in [0.1, 0.15) is 0 Å². The molecule has 132 valence electrons. The first-order valence-electron chi connectivity index (χ1n) is 7.39. The molecule has 24 heavy (non-hydrogen) atoms. The van der Waals surface area contributed by atoms with Crippen LogP contribution in [-0.4, -0.2) is 38.8 Å². The van der Waals surface area contributed by atoms with Crippen LogP contribution < -0.4 is 15.6 Å². The lowest BCUT2D eigenvalue weighted by Gasteiger charge is -2.10. The van der Waals surface area contributed by atoms with E-state index in [-0.39, 0.29) is 36.0 Å². The number of rotatable bonds is 5. The van der Waals surface area contributed by atoms with E-state index >= 15 is 0 Å². The summed E-state index contributed by atoms with van der Waals surface area (Å²) in [5, 5.41) is 0. The maximum Gasteiger partial charge on any atom is 0.242 e. The summed E-state index contributed by atoms with van der Waals surface area (Å²) in [6.07, 6.45) is 0.379. The zero-order valence-electron chi connectivity index (χ0n) is 13.2. The van der Waals surface area contributed by atoms with E-state index in [4.69, 9.17) is 4.74 Å². The zero-order valence-corrected chi connectivity index (χ0v) is 14.0. The molecule has 2 N–H and O–H groups in total. The molecule has 7 nitrogen and oxygen atoms in total. The van der Waals surface area contributed by atoms with Crippen LogP contribution in [0.1, 0.15) is 18.4 Å². The minimum atomic E-state index is -3.04. The molecule has 9 heteroatoms. The molecule has 1 aliphatic heterocycles. The molecular weight excluding hydrogens is 339 g/mol. The molecule has 0 aromatic heterocycles. The standard InChI is InChI=1S/C15H19FN2O5S/c1-23-13-3-2-10(6-12(13)16)7-14(19)17-18-15(20)8-11-4-5-24(21,22)9-11/h2-3,6,11H,4-5,7-9H2,1H3,(H,17,19)(H,18,20)/t11-/m1/s1. The van der Waals surface area contributed by atoms with Crippen molar-refractivity contribution in [3.63, 3.8) is 0 Å². The minimum absolute atomic E-state index is 0.000504. The first-order chi connectivity index (χ1) is 11.3. The van der Waals surface area contributed by atoms with Crippen molar-refractivity contribution in [3.8, 4) is 5.75 Å². The summed E-state index contributed by atoms with van der Waals surface area (Å²) in [6.45, 7) is 0. The number of ether oxygens (including phenoxy) is 1. The topological polar surface area (TPSA) is 102 Å². The van der Waals surface area contributed by atoms with E-state index in [2.05, 4.69) is 10.9 Å². The maximum absolute atomic E-state index is 13.5. The van der Waals surface area contributed by atoms with Crippen LogP contribution in [0.25, 0.3) is 0 Å². The van der Waals surface area contributed by atoms with E-state index in [0.717, 1.165) is 0 Å². The highest BCUT2D eigenvalue weighted by molar-refractivity contribution is 7.91. The summed E-state index contributed by atoms with van der Waals surface area (Å²) in [5.74, 6) is -1.58. The van der Waals surface area contributed by atoms with Gasteiger partial charge in [0.15, 0.2) is 21.4 Å². The van der Waals surface area contributed by atoms with Crippen molar-refractivity contribution in [1.82, 2.24) is 10.9 Å². The first-order valence-corrected chi connectivity index (χ1v) is 9.22. The lowest BCUT2D eigenvalue weighted by atomic mass is 10.1. The van der Waals surface area contributed by atoms with Gasteiger partial charge in [-0.15, -0.1) is 0 Å². The zero-order chi connectivity index (χ0) is 17.7. The second-order valence-corrected chi connectivity index (χ2v) is 7.94. The Labute approximate surface area is 139 Å². The van der Waals surface area contributed by atoms with Gasteiger partial charge in [-0.05, 0) is 30.0 Å². The van der Waals surface area contributed by atoms with E-state index in [9.17, 15) is 22.4 Å². The Morgan fingerprint density at radius 2 is 2.00 bits per heavy atom. The van der Waals surface area contributed by atoms with E-state index in [0.29, 0.717) is 12.0 Å².